The van der Waals surface area contributed by atoms with Crippen molar-refractivity contribution in [1.82, 2.24) is 4.57 Å². The SMILES string of the molecule is CCCc1cc(-c2ccccc2)cc(-c2ccccc2)c1N1c2ccc(-c3ccccc3)cc2B2c3ccc(-n4c5ccccc5c5ccccc54)cc3N(c3c(-c4ccccc4)cccc3-c3ccccc3)c3cc(C(C)(C)C)cc1c32. The molecular weight excluding hydrogens is 1000 g/mol. The van der Waals surface area contributed by atoms with Crippen molar-refractivity contribution in [2.45, 2.75) is 46.0 Å². The van der Waals surface area contributed by atoms with Gasteiger partial charge >= 0.3 is 0 Å². The lowest BCUT2D eigenvalue weighted by molar-refractivity contribution is 0.590. The second kappa shape index (κ2) is 20.3. The predicted octanol–water partition coefficient (Wildman–Crippen LogP) is 19.5. The molecule has 0 atom stereocenters. The smallest absolute Gasteiger partial charge is 0.252 e. The Balaban J connectivity index is 1.12. The minimum Gasteiger partial charge on any atom is -0.311 e. The van der Waals surface area contributed by atoms with Gasteiger partial charge in [-0.05, 0) is 133 Å². The Labute approximate surface area is 488 Å². The molecule has 0 amide bonds. The van der Waals surface area contributed by atoms with E-state index < -0.39 is 0 Å². The van der Waals surface area contributed by atoms with Crippen molar-refractivity contribution in [3.63, 3.8) is 0 Å². The van der Waals surface area contributed by atoms with Crippen molar-refractivity contribution < 1.29 is 0 Å². The average molecular weight is 1060 g/mol. The second-order valence-electron chi connectivity index (χ2n) is 23.5. The van der Waals surface area contributed by atoms with Gasteiger partial charge in [-0.15, -0.1) is 0 Å². The lowest BCUT2D eigenvalue weighted by Gasteiger charge is -2.46. The van der Waals surface area contributed by atoms with Crippen LogP contribution >= 0.6 is 0 Å². The van der Waals surface area contributed by atoms with Gasteiger partial charge in [-0.2, -0.15) is 0 Å². The average Bonchev–Trinajstić information content (AvgIpc) is 1.94. The molecule has 2 aliphatic rings. The molecule has 0 bridgehead atoms. The van der Waals surface area contributed by atoms with Crippen LogP contribution in [0.1, 0.15) is 45.2 Å². The zero-order valence-corrected chi connectivity index (χ0v) is 47.4. The van der Waals surface area contributed by atoms with Gasteiger partial charge in [0.15, 0.2) is 0 Å². The normalized spacial score (nSPS) is 12.6. The second-order valence-corrected chi connectivity index (χ2v) is 23.5. The highest BCUT2D eigenvalue weighted by molar-refractivity contribution is 7.00. The zero-order valence-electron chi connectivity index (χ0n) is 47.4. The number of hydrogen-bond donors (Lipinski definition) is 0. The number of aryl methyl sites for hydroxylation is 1. The highest BCUT2D eigenvalue weighted by Crippen LogP contribution is 2.53. The highest BCUT2D eigenvalue weighted by Gasteiger charge is 2.46. The number of rotatable bonds is 10. The van der Waals surface area contributed by atoms with Crippen molar-refractivity contribution >= 4 is 79.0 Å². The van der Waals surface area contributed by atoms with Gasteiger partial charge in [0.1, 0.15) is 0 Å². The van der Waals surface area contributed by atoms with E-state index in [-0.39, 0.29) is 12.1 Å². The minimum absolute atomic E-state index is 0.148. The molecule has 0 unspecified atom stereocenters. The van der Waals surface area contributed by atoms with Crippen molar-refractivity contribution in [2.24, 2.45) is 0 Å². The van der Waals surface area contributed by atoms with Crippen molar-refractivity contribution in [1.29, 1.82) is 0 Å². The summed E-state index contributed by atoms with van der Waals surface area (Å²) >= 11 is 0. The van der Waals surface area contributed by atoms with Gasteiger partial charge in [-0.1, -0.05) is 259 Å². The van der Waals surface area contributed by atoms with Gasteiger partial charge in [-0.25, -0.2) is 0 Å². The molecule has 2 aliphatic heterocycles. The topological polar surface area (TPSA) is 11.4 Å². The first-order chi connectivity index (χ1) is 40.8. The molecule has 15 rings (SSSR count). The summed E-state index contributed by atoms with van der Waals surface area (Å²) < 4.78 is 2.49. The third-order valence-electron chi connectivity index (χ3n) is 17.4. The quantitative estimate of drug-likeness (QED) is 0.126. The van der Waals surface area contributed by atoms with E-state index in [4.69, 9.17) is 0 Å². The van der Waals surface area contributed by atoms with Crippen LogP contribution in [0.2, 0.25) is 0 Å². The number of benzene rings is 12. The molecule has 1 aromatic heterocycles. The van der Waals surface area contributed by atoms with Crippen LogP contribution in [0.4, 0.5) is 34.1 Å². The zero-order chi connectivity index (χ0) is 55.8. The van der Waals surface area contributed by atoms with Crippen LogP contribution < -0.4 is 26.2 Å². The highest BCUT2D eigenvalue weighted by atomic mass is 15.2. The number of anilines is 6. The van der Waals surface area contributed by atoms with Crippen LogP contribution in [-0.2, 0) is 11.8 Å². The Morgan fingerprint density at radius 3 is 1.39 bits per heavy atom. The van der Waals surface area contributed by atoms with Crippen molar-refractivity contribution in [3.8, 4) is 61.3 Å². The van der Waals surface area contributed by atoms with Gasteiger partial charge < -0.3 is 14.4 Å². The van der Waals surface area contributed by atoms with E-state index in [1.807, 2.05) is 0 Å². The molecule has 0 saturated carbocycles. The first kappa shape index (κ1) is 50.1. The molecule has 13 aromatic rings. The molecule has 3 nitrogen and oxygen atoms in total. The maximum absolute atomic E-state index is 2.70. The Morgan fingerprint density at radius 1 is 0.349 bits per heavy atom. The Hall–Kier alpha value is -9.90. The van der Waals surface area contributed by atoms with Crippen LogP contribution in [0.3, 0.4) is 0 Å². The first-order valence-electron chi connectivity index (χ1n) is 29.4. The summed E-state index contributed by atoms with van der Waals surface area (Å²) in [5, 5.41) is 2.49. The van der Waals surface area contributed by atoms with E-state index in [9.17, 15) is 0 Å². The molecule has 0 radical (unpaired) electrons. The summed E-state index contributed by atoms with van der Waals surface area (Å²) in [4.78, 5) is 5.39. The predicted molar refractivity (Wildman–Crippen MR) is 355 cm³/mol. The fourth-order valence-electron chi connectivity index (χ4n) is 13.6. The molecule has 3 heterocycles. The summed E-state index contributed by atoms with van der Waals surface area (Å²) in [7, 11) is 0. The Morgan fingerprint density at radius 2 is 0.843 bits per heavy atom. The molecule has 0 spiro atoms. The number of para-hydroxylation sites is 3. The third-order valence-corrected chi connectivity index (χ3v) is 17.4. The van der Waals surface area contributed by atoms with Crippen LogP contribution in [0, 0.1) is 0 Å². The maximum Gasteiger partial charge on any atom is 0.252 e. The van der Waals surface area contributed by atoms with Crippen LogP contribution in [0.25, 0.3) is 83.1 Å². The monoisotopic (exact) mass is 1060 g/mol. The van der Waals surface area contributed by atoms with Crippen LogP contribution in [0.5, 0.6) is 0 Å². The molecule has 0 saturated heterocycles. The molecule has 83 heavy (non-hydrogen) atoms. The summed E-state index contributed by atoms with van der Waals surface area (Å²) in [5.41, 5.74) is 28.7. The fraction of sp³-hybridized carbons (Fsp3) is 0.0886. The van der Waals surface area contributed by atoms with Gasteiger partial charge in [0.05, 0.1) is 22.4 Å². The standard InChI is InChI=1S/C79H62BN3/c1-5-26-59-47-60(54-29-13-7-14-30-54)48-67(57-35-19-10-20-36-57)77(59)82-72-46-43-58(53-27-11-6-12-28-53)49-69(72)80-68-45-44-62(81-70-41-23-21-37-65(70)66-38-22-24-42-71(66)81)52-73(68)83(75-51-61(79(2,3)4)50-74(82)76(75)80)78-63(55-31-15-8-16-32-55)39-25-40-64(78)56-33-17-9-18-34-56/h6-25,27-52H,5,26H2,1-4H3. The molecule has 0 N–H and O–H groups in total. The van der Waals surface area contributed by atoms with Gasteiger partial charge in [-0.3, -0.25) is 0 Å². The summed E-state index contributed by atoms with van der Waals surface area (Å²) in [6.45, 7) is 9.33. The number of hydrogen-bond acceptors (Lipinski definition) is 2. The third kappa shape index (κ3) is 8.42. The first-order valence-corrected chi connectivity index (χ1v) is 29.4. The molecular formula is C79H62BN3. The van der Waals surface area contributed by atoms with Crippen molar-refractivity contribution in [3.05, 3.63) is 290 Å². The van der Waals surface area contributed by atoms with Crippen molar-refractivity contribution in [2.75, 3.05) is 9.80 Å². The van der Waals surface area contributed by atoms with E-state index >= 15 is 0 Å². The maximum atomic E-state index is 2.70. The van der Waals surface area contributed by atoms with E-state index in [1.54, 1.807) is 0 Å². The Bertz CT molecular complexity index is 4490. The number of aromatic nitrogens is 1. The van der Waals surface area contributed by atoms with E-state index in [0.717, 1.165) is 41.0 Å². The molecule has 0 fully saturated rings. The summed E-state index contributed by atoms with van der Waals surface area (Å²) in [6, 6.07) is 105. The molecule has 12 aromatic carbocycles. The van der Waals surface area contributed by atoms with Gasteiger partial charge in [0.25, 0.3) is 6.71 Å². The lowest BCUT2D eigenvalue weighted by atomic mass is 9.33. The largest absolute Gasteiger partial charge is 0.311 e. The van der Waals surface area contributed by atoms with Crippen LogP contribution in [0.15, 0.2) is 279 Å². The summed E-state index contributed by atoms with van der Waals surface area (Å²) in [5.74, 6) is 0. The Kier molecular flexibility index (Phi) is 12.2. The summed E-state index contributed by atoms with van der Waals surface area (Å²) in [6.07, 6.45) is 1.89. The molecule has 0 aliphatic carbocycles. The number of fused-ring (bicyclic) bond motifs is 7. The van der Waals surface area contributed by atoms with Crippen LogP contribution in [-0.4, -0.2) is 11.3 Å². The number of nitrogens with zero attached hydrogens (tertiary/aromatic N) is 3. The lowest BCUT2D eigenvalue weighted by Crippen LogP contribution is -2.61. The molecule has 396 valence electrons. The van der Waals surface area contributed by atoms with Gasteiger partial charge in [0, 0.05) is 55.9 Å². The van der Waals surface area contributed by atoms with E-state index in [0.29, 0.717) is 0 Å². The minimum atomic E-state index is -0.242. The molecule has 4 heteroatoms. The van der Waals surface area contributed by atoms with E-state index in [1.165, 1.54) is 117 Å². The fourth-order valence-corrected chi connectivity index (χ4v) is 13.6. The van der Waals surface area contributed by atoms with E-state index in [2.05, 4.69) is 321 Å². The van der Waals surface area contributed by atoms with Gasteiger partial charge in [0.2, 0.25) is 0 Å².